The molecule has 0 amide bonds. The molecule has 7 atom stereocenters. The van der Waals surface area contributed by atoms with Gasteiger partial charge in [0.15, 0.2) is 0 Å². The zero-order valence-electron chi connectivity index (χ0n) is 22.4. The SMILES string of the molecule is CC1(C)CC[C@]2(CN)CC[C@]3(C)C(=CC[C@@H]4[C@@]5(C)CCCNC(C)(C)[C@@H]5CC[C@]43C)[C@H]2C1. The highest BCUT2D eigenvalue weighted by Gasteiger charge is 2.67. The van der Waals surface area contributed by atoms with E-state index >= 15 is 0 Å². The van der Waals surface area contributed by atoms with E-state index in [-0.39, 0.29) is 5.54 Å². The average molecular weight is 441 g/mol. The van der Waals surface area contributed by atoms with Crippen LogP contribution in [0.5, 0.6) is 0 Å². The number of nitrogens with one attached hydrogen (secondary N) is 1. The Morgan fingerprint density at radius 3 is 2.34 bits per heavy atom. The number of allylic oxidation sites excluding steroid dienone is 2. The molecule has 2 nitrogen and oxygen atoms in total. The molecule has 0 aromatic carbocycles. The lowest BCUT2D eigenvalue weighted by Gasteiger charge is -2.70. The first-order valence-corrected chi connectivity index (χ1v) is 14.0. The highest BCUT2D eigenvalue weighted by molar-refractivity contribution is 5.33. The van der Waals surface area contributed by atoms with E-state index in [4.69, 9.17) is 5.73 Å². The minimum absolute atomic E-state index is 0.256. The Balaban J connectivity index is 1.59. The molecule has 5 rings (SSSR count). The molecule has 0 unspecified atom stereocenters. The summed E-state index contributed by atoms with van der Waals surface area (Å²) in [6.45, 7) is 20.2. The van der Waals surface area contributed by atoms with Crippen molar-refractivity contribution in [1.29, 1.82) is 0 Å². The quantitative estimate of drug-likeness (QED) is 0.427. The molecule has 2 heteroatoms. The van der Waals surface area contributed by atoms with Gasteiger partial charge in [-0.2, -0.15) is 0 Å². The molecule has 0 radical (unpaired) electrons. The van der Waals surface area contributed by atoms with Crippen LogP contribution in [0.1, 0.15) is 113 Å². The summed E-state index contributed by atoms with van der Waals surface area (Å²) < 4.78 is 0. The molecule has 32 heavy (non-hydrogen) atoms. The van der Waals surface area contributed by atoms with Crippen molar-refractivity contribution in [2.24, 2.45) is 50.6 Å². The molecule has 1 heterocycles. The fraction of sp³-hybridized carbons (Fsp3) is 0.933. The van der Waals surface area contributed by atoms with Crippen LogP contribution < -0.4 is 11.1 Å². The molecule has 4 fully saturated rings. The van der Waals surface area contributed by atoms with Gasteiger partial charge in [0.2, 0.25) is 0 Å². The molecule has 4 aliphatic carbocycles. The van der Waals surface area contributed by atoms with Gasteiger partial charge >= 0.3 is 0 Å². The first-order valence-electron chi connectivity index (χ1n) is 14.0. The standard InChI is InChI=1S/C30H52N2/c1-25(2)14-16-30(20-31)17-15-28(6)21(22(30)19-25)9-10-24-27(5)12-8-18-32-26(3,4)23(27)11-13-29(24,28)7/h9,22-24,32H,8,10-20,31H2,1-7H3/t22-,23+,24-,27+,28-,29-,30-/m1/s1. The first-order chi connectivity index (χ1) is 14.8. The predicted octanol–water partition coefficient (Wildman–Crippen LogP) is 7.09. The summed E-state index contributed by atoms with van der Waals surface area (Å²) >= 11 is 0. The van der Waals surface area contributed by atoms with Gasteiger partial charge in [0.1, 0.15) is 0 Å². The Kier molecular flexibility index (Phi) is 5.19. The molecular formula is C30H52N2. The Hall–Kier alpha value is -0.340. The summed E-state index contributed by atoms with van der Waals surface area (Å²) in [7, 11) is 0. The maximum absolute atomic E-state index is 6.59. The minimum atomic E-state index is 0.256. The highest BCUT2D eigenvalue weighted by atomic mass is 15.0. The van der Waals surface area contributed by atoms with Crippen LogP contribution in [0.2, 0.25) is 0 Å². The average Bonchev–Trinajstić information content (AvgIpc) is 2.83. The number of nitrogens with two attached hydrogens (primary N) is 1. The van der Waals surface area contributed by atoms with Crippen LogP contribution in [0.25, 0.3) is 0 Å². The van der Waals surface area contributed by atoms with Gasteiger partial charge in [-0.15, -0.1) is 0 Å². The molecule has 1 saturated heterocycles. The van der Waals surface area contributed by atoms with Crippen molar-refractivity contribution in [2.75, 3.05) is 13.1 Å². The number of hydrogen-bond donors (Lipinski definition) is 2. The van der Waals surface area contributed by atoms with E-state index < -0.39 is 0 Å². The van der Waals surface area contributed by atoms with E-state index in [0.29, 0.717) is 33.0 Å². The molecule has 0 spiro atoms. The Morgan fingerprint density at radius 1 is 0.906 bits per heavy atom. The molecule has 0 aromatic heterocycles. The van der Waals surface area contributed by atoms with E-state index in [1.54, 1.807) is 0 Å². The van der Waals surface area contributed by atoms with E-state index in [0.717, 1.165) is 18.4 Å². The van der Waals surface area contributed by atoms with Crippen LogP contribution in [-0.4, -0.2) is 18.6 Å². The number of fused-ring (bicyclic) bond motifs is 7. The lowest BCUT2D eigenvalue weighted by Crippen LogP contribution is -2.64. The zero-order valence-corrected chi connectivity index (χ0v) is 22.4. The van der Waals surface area contributed by atoms with Gasteiger partial charge in [0.05, 0.1) is 0 Å². The first kappa shape index (κ1) is 23.4. The number of rotatable bonds is 1. The van der Waals surface area contributed by atoms with Gasteiger partial charge in [-0.25, -0.2) is 0 Å². The Bertz CT molecular complexity index is 795. The van der Waals surface area contributed by atoms with Crippen LogP contribution in [-0.2, 0) is 0 Å². The summed E-state index contributed by atoms with van der Waals surface area (Å²) in [4.78, 5) is 0. The van der Waals surface area contributed by atoms with E-state index in [1.165, 1.54) is 70.8 Å². The topological polar surface area (TPSA) is 38.0 Å². The van der Waals surface area contributed by atoms with Crippen LogP contribution >= 0.6 is 0 Å². The van der Waals surface area contributed by atoms with Crippen LogP contribution in [0.15, 0.2) is 11.6 Å². The third-order valence-electron chi connectivity index (χ3n) is 12.8. The van der Waals surface area contributed by atoms with Crippen molar-refractivity contribution in [1.82, 2.24) is 5.32 Å². The van der Waals surface area contributed by atoms with Gasteiger partial charge in [-0.05, 0) is 136 Å². The second kappa shape index (κ2) is 7.09. The third-order valence-corrected chi connectivity index (χ3v) is 12.8. The maximum Gasteiger partial charge on any atom is 0.0158 e. The summed E-state index contributed by atoms with van der Waals surface area (Å²) in [6, 6.07) is 0. The summed E-state index contributed by atoms with van der Waals surface area (Å²) in [5.41, 5.74) is 10.8. The molecule has 1 aliphatic heterocycles. The monoisotopic (exact) mass is 440 g/mol. The number of hydrogen-bond acceptors (Lipinski definition) is 2. The second-order valence-corrected chi connectivity index (χ2v) is 15.0. The molecule has 0 aromatic rings. The summed E-state index contributed by atoms with van der Waals surface area (Å²) in [6.07, 6.45) is 16.4. The Morgan fingerprint density at radius 2 is 1.62 bits per heavy atom. The molecule has 3 N–H and O–H groups in total. The van der Waals surface area contributed by atoms with E-state index in [2.05, 4.69) is 59.9 Å². The molecule has 3 saturated carbocycles. The van der Waals surface area contributed by atoms with E-state index in [1.807, 2.05) is 5.57 Å². The normalized spacial score (nSPS) is 51.9. The van der Waals surface area contributed by atoms with Crippen molar-refractivity contribution in [3.63, 3.8) is 0 Å². The molecular weight excluding hydrogens is 388 g/mol. The van der Waals surface area contributed by atoms with Crippen LogP contribution in [0, 0.1) is 44.8 Å². The molecule has 5 aliphatic rings. The lowest BCUT2D eigenvalue weighted by atomic mass is 9.35. The van der Waals surface area contributed by atoms with Crippen molar-refractivity contribution in [2.45, 2.75) is 118 Å². The third kappa shape index (κ3) is 2.96. The summed E-state index contributed by atoms with van der Waals surface area (Å²) in [5.74, 6) is 2.31. The molecule has 0 bridgehead atoms. The van der Waals surface area contributed by atoms with Gasteiger partial charge in [0.25, 0.3) is 0 Å². The van der Waals surface area contributed by atoms with Gasteiger partial charge in [0, 0.05) is 5.54 Å². The molecule has 182 valence electrons. The predicted molar refractivity (Wildman–Crippen MR) is 136 cm³/mol. The van der Waals surface area contributed by atoms with Crippen molar-refractivity contribution in [3.8, 4) is 0 Å². The van der Waals surface area contributed by atoms with Crippen molar-refractivity contribution >= 4 is 0 Å². The zero-order chi connectivity index (χ0) is 23.2. The smallest absolute Gasteiger partial charge is 0.0158 e. The van der Waals surface area contributed by atoms with Gasteiger partial charge in [-0.1, -0.05) is 46.3 Å². The highest BCUT2D eigenvalue weighted by Crippen LogP contribution is 2.74. The largest absolute Gasteiger partial charge is 0.330 e. The second-order valence-electron chi connectivity index (χ2n) is 15.0. The fourth-order valence-electron chi connectivity index (χ4n) is 10.6. The van der Waals surface area contributed by atoms with Gasteiger partial charge < -0.3 is 11.1 Å². The van der Waals surface area contributed by atoms with Gasteiger partial charge in [-0.3, -0.25) is 0 Å². The van der Waals surface area contributed by atoms with Crippen molar-refractivity contribution < 1.29 is 0 Å². The van der Waals surface area contributed by atoms with Crippen molar-refractivity contribution in [3.05, 3.63) is 11.6 Å². The van der Waals surface area contributed by atoms with Crippen LogP contribution in [0.3, 0.4) is 0 Å². The Labute approximate surface area is 198 Å². The van der Waals surface area contributed by atoms with E-state index in [9.17, 15) is 0 Å². The maximum atomic E-state index is 6.59. The lowest BCUT2D eigenvalue weighted by molar-refractivity contribution is -0.156. The van der Waals surface area contributed by atoms with Crippen LogP contribution in [0.4, 0.5) is 0 Å². The fourth-order valence-corrected chi connectivity index (χ4v) is 10.6. The minimum Gasteiger partial charge on any atom is -0.330 e. The summed E-state index contributed by atoms with van der Waals surface area (Å²) in [5, 5.41) is 3.95.